The lowest BCUT2D eigenvalue weighted by Gasteiger charge is -2.44. The molecule has 1 aromatic carbocycles. The first kappa shape index (κ1) is 25.3. The molecule has 4 rings (SSSR count). The second-order valence-electron chi connectivity index (χ2n) is 10.3. The van der Waals surface area contributed by atoms with Gasteiger partial charge in [0.15, 0.2) is 0 Å². The van der Waals surface area contributed by atoms with Crippen LogP contribution >= 0.6 is 11.6 Å². The average molecular weight is 491 g/mol. The fraction of sp³-hybridized carbons (Fsp3) is 0.704. The highest BCUT2D eigenvalue weighted by Gasteiger charge is 2.43. The summed E-state index contributed by atoms with van der Waals surface area (Å²) in [7, 11) is 0. The molecule has 2 aliphatic heterocycles. The van der Waals surface area contributed by atoms with E-state index in [0.29, 0.717) is 30.5 Å². The van der Waals surface area contributed by atoms with Gasteiger partial charge in [-0.25, -0.2) is 0 Å². The van der Waals surface area contributed by atoms with Crippen molar-refractivity contribution in [3.8, 4) is 5.75 Å². The maximum Gasteiger partial charge on any atom is 0.225 e. The molecule has 1 saturated carbocycles. The molecule has 1 atom stereocenters. The van der Waals surface area contributed by atoms with E-state index in [1.165, 1.54) is 19.3 Å². The molecule has 6 nitrogen and oxygen atoms in total. The fourth-order valence-electron chi connectivity index (χ4n) is 5.52. The summed E-state index contributed by atoms with van der Waals surface area (Å²) >= 11 is 6.18. The number of benzene rings is 1. The van der Waals surface area contributed by atoms with Crippen LogP contribution in [-0.2, 0) is 14.3 Å². The van der Waals surface area contributed by atoms with Gasteiger partial charge in [0.25, 0.3) is 0 Å². The predicted octanol–water partition coefficient (Wildman–Crippen LogP) is 5.00. The molecule has 1 unspecified atom stereocenters. The number of nitrogens with zero attached hydrogens (tertiary/aromatic N) is 2. The van der Waals surface area contributed by atoms with Crippen LogP contribution in [0.1, 0.15) is 69.8 Å². The van der Waals surface area contributed by atoms with Crippen molar-refractivity contribution in [1.29, 1.82) is 0 Å². The number of amides is 2. The van der Waals surface area contributed by atoms with Crippen LogP contribution in [-0.4, -0.2) is 66.6 Å². The van der Waals surface area contributed by atoms with Gasteiger partial charge >= 0.3 is 0 Å². The third-order valence-electron chi connectivity index (χ3n) is 7.58. The van der Waals surface area contributed by atoms with Gasteiger partial charge in [-0.3, -0.25) is 9.59 Å². The Morgan fingerprint density at radius 2 is 1.74 bits per heavy atom. The van der Waals surface area contributed by atoms with Crippen molar-refractivity contribution in [2.24, 2.45) is 5.92 Å². The number of carbonyl (C=O) groups is 2. The van der Waals surface area contributed by atoms with E-state index >= 15 is 0 Å². The van der Waals surface area contributed by atoms with Crippen molar-refractivity contribution in [2.45, 2.75) is 76.7 Å². The Morgan fingerprint density at radius 1 is 1.03 bits per heavy atom. The number of rotatable bonds is 6. The molecule has 3 fully saturated rings. The Hall–Kier alpha value is -1.79. The Kier molecular flexibility index (Phi) is 8.75. The van der Waals surface area contributed by atoms with Gasteiger partial charge in [-0.1, -0.05) is 37.3 Å². The molecule has 188 valence electrons. The topological polar surface area (TPSA) is 59.1 Å². The first-order valence-electron chi connectivity index (χ1n) is 13.1. The Labute approximate surface area is 208 Å². The minimum atomic E-state index is -0.847. The smallest absolute Gasteiger partial charge is 0.225 e. The second-order valence-corrected chi connectivity index (χ2v) is 10.7. The first-order chi connectivity index (χ1) is 16.5. The summed E-state index contributed by atoms with van der Waals surface area (Å²) in [5.41, 5.74) is 0.0908. The summed E-state index contributed by atoms with van der Waals surface area (Å²) in [6.07, 6.45) is 10.1. The first-order valence-corrected chi connectivity index (χ1v) is 13.4. The molecule has 3 aliphatic rings. The Balaban J connectivity index is 1.49. The standard InChI is InChI=1S/C27H39ClN2O4/c1-21-17-23(11-12-24(21)28)33-20-27(18-25(31)29-13-7-4-8-14-29)19-30(15-16-34-27)26(32)22-9-5-2-3-6-10-22/h11-12,17,22H,2-10,13-16,18-20H2,1H3. The van der Waals surface area contributed by atoms with Gasteiger partial charge in [0.1, 0.15) is 18.0 Å². The number of halogens is 1. The number of hydrogen-bond acceptors (Lipinski definition) is 4. The zero-order valence-electron chi connectivity index (χ0n) is 20.5. The van der Waals surface area contributed by atoms with Gasteiger partial charge in [0, 0.05) is 30.6 Å². The molecule has 1 aliphatic carbocycles. The van der Waals surface area contributed by atoms with E-state index in [0.717, 1.165) is 57.2 Å². The molecule has 0 spiro atoms. The van der Waals surface area contributed by atoms with E-state index in [9.17, 15) is 9.59 Å². The SMILES string of the molecule is Cc1cc(OCC2(CC(=O)N3CCCCC3)CN(C(=O)C3CCCCCC3)CCO2)ccc1Cl. The monoisotopic (exact) mass is 490 g/mol. The number of carbonyl (C=O) groups excluding carboxylic acids is 2. The van der Waals surface area contributed by atoms with E-state index < -0.39 is 5.60 Å². The number of ether oxygens (including phenoxy) is 2. The van der Waals surface area contributed by atoms with E-state index in [-0.39, 0.29) is 30.8 Å². The van der Waals surface area contributed by atoms with Gasteiger partial charge in [0.2, 0.25) is 11.8 Å². The molecule has 2 amide bonds. The number of likely N-dealkylation sites (tertiary alicyclic amines) is 1. The molecular formula is C27H39ClN2O4. The van der Waals surface area contributed by atoms with Gasteiger partial charge in [0.05, 0.1) is 19.6 Å². The van der Waals surface area contributed by atoms with E-state index in [1.54, 1.807) is 0 Å². The van der Waals surface area contributed by atoms with Crippen LogP contribution in [0.25, 0.3) is 0 Å². The minimum Gasteiger partial charge on any atom is -0.490 e. The number of hydrogen-bond donors (Lipinski definition) is 0. The van der Waals surface area contributed by atoms with Crippen LogP contribution in [0.15, 0.2) is 18.2 Å². The van der Waals surface area contributed by atoms with Gasteiger partial charge < -0.3 is 19.3 Å². The van der Waals surface area contributed by atoms with Gasteiger partial charge in [-0.15, -0.1) is 0 Å². The lowest BCUT2D eigenvalue weighted by atomic mass is 9.93. The van der Waals surface area contributed by atoms with Crippen molar-refractivity contribution >= 4 is 23.4 Å². The zero-order chi connectivity index (χ0) is 24.0. The molecule has 1 aromatic rings. The van der Waals surface area contributed by atoms with Crippen LogP contribution in [0.2, 0.25) is 5.02 Å². The Morgan fingerprint density at radius 3 is 2.44 bits per heavy atom. The highest BCUT2D eigenvalue weighted by Crippen LogP contribution is 2.30. The summed E-state index contributed by atoms with van der Waals surface area (Å²) in [4.78, 5) is 30.6. The molecule has 0 aromatic heterocycles. The maximum atomic E-state index is 13.5. The normalized spacial score (nSPS) is 24.5. The predicted molar refractivity (Wildman–Crippen MR) is 133 cm³/mol. The average Bonchev–Trinajstić information content (AvgIpc) is 3.15. The zero-order valence-corrected chi connectivity index (χ0v) is 21.3. The number of morpholine rings is 1. The van der Waals surface area contributed by atoms with Gasteiger partial charge in [-0.05, 0) is 62.8 Å². The Bertz CT molecular complexity index is 849. The van der Waals surface area contributed by atoms with Crippen molar-refractivity contribution < 1.29 is 19.1 Å². The molecule has 2 saturated heterocycles. The van der Waals surface area contributed by atoms with Crippen LogP contribution in [0.3, 0.4) is 0 Å². The van der Waals surface area contributed by atoms with Gasteiger partial charge in [-0.2, -0.15) is 0 Å². The number of piperidine rings is 1. The van der Waals surface area contributed by atoms with Crippen molar-refractivity contribution in [3.63, 3.8) is 0 Å². The van der Waals surface area contributed by atoms with Crippen molar-refractivity contribution in [3.05, 3.63) is 28.8 Å². The van der Waals surface area contributed by atoms with E-state index in [4.69, 9.17) is 21.1 Å². The summed E-state index contributed by atoms with van der Waals surface area (Å²) in [5.74, 6) is 1.11. The minimum absolute atomic E-state index is 0.0935. The van der Waals surface area contributed by atoms with Crippen molar-refractivity contribution in [1.82, 2.24) is 9.80 Å². The summed E-state index contributed by atoms with van der Waals surface area (Å²) in [6.45, 7) is 5.17. The molecule has 0 radical (unpaired) electrons. The van der Waals surface area contributed by atoms with Crippen LogP contribution in [0.5, 0.6) is 5.75 Å². The van der Waals surface area contributed by atoms with Crippen LogP contribution < -0.4 is 4.74 Å². The second kappa shape index (κ2) is 11.8. The molecular weight excluding hydrogens is 452 g/mol. The third-order valence-corrected chi connectivity index (χ3v) is 8.00. The highest BCUT2D eigenvalue weighted by molar-refractivity contribution is 6.31. The molecule has 7 heteroatoms. The maximum absolute atomic E-state index is 13.5. The fourth-order valence-corrected chi connectivity index (χ4v) is 5.63. The molecule has 0 N–H and O–H groups in total. The molecule has 2 heterocycles. The van der Waals surface area contributed by atoms with Crippen LogP contribution in [0.4, 0.5) is 0 Å². The lowest BCUT2D eigenvalue weighted by molar-refractivity contribution is -0.168. The molecule has 0 bridgehead atoms. The van der Waals surface area contributed by atoms with E-state index in [2.05, 4.69) is 0 Å². The quantitative estimate of drug-likeness (QED) is 0.526. The van der Waals surface area contributed by atoms with Crippen LogP contribution in [0, 0.1) is 12.8 Å². The highest BCUT2D eigenvalue weighted by atomic mass is 35.5. The summed E-state index contributed by atoms with van der Waals surface area (Å²) in [5, 5.41) is 0.691. The lowest BCUT2D eigenvalue weighted by Crippen LogP contribution is -2.59. The van der Waals surface area contributed by atoms with E-state index in [1.807, 2.05) is 34.9 Å². The largest absolute Gasteiger partial charge is 0.490 e. The number of aryl methyl sites for hydroxylation is 1. The summed E-state index contributed by atoms with van der Waals surface area (Å²) in [6, 6.07) is 5.56. The van der Waals surface area contributed by atoms with Crippen molar-refractivity contribution in [2.75, 3.05) is 39.4 Å². The summed E-state index contributed by atoms with van der Waals surface area (Å²) < 4.78 is 12.5. The third kappa shape index (κ3) is 6.45. The molecule has 34 heavy (non-hydrogen) atoms.